The van der Waals surface area contributed by atoms with Gasteiger partial charge in [0.2, 0.25) is 5.91 Å². The first-order valence-electron chi connectivity index (χ1n) is 15.9. The van der Waals surface area contributed by atoms with E-state index in [1.165, 1.54) is 18.4 Å². The summed E-state index contributed by atoms with van der Waals surface area (Å²) in [5.74, 6) is 1.40. The average molecular weight is 605 g/mol. The fourth-order valence-electron chi connectivity index (χ4n) is 8.59. The minimum absolute atomic E-state index is 0.0160. The molecule has 7 aliphatic carbocycles. The van der Waals surface area contributed by atoms with Crippen LogP contribution >= 0.6 is 0 Å². The molecule has 1 amide bonds. The molecule has 44 heavy (non-hydrogen) atoms. The largest absolute Gasteiger partial charge is 0.417 e. The van der Waals surface area contributed by atoms with E-state index in [1.807, 2.05) is 41.4 Å². The number of halogens is 4. The minimum atomic E-state index is -4.40. The number of rotatable bonds is 8. The van der Waals surface area contributed by atoms with Crippen LogP contribution in [0.15, 0.2) is 60.9 Å². The number of carbonyl (C=O) groups is 1. The van der Waals surface area contributed by atoms with Gasteiger partial charge in [-0.25, -0.2) is 9.37 Å². The summed E-state index contributed by atoms with van der Waals surface area (Å²) >= 11 is 0. The molecule has 2 heterocycles. The SMILES string of the molecule is O=C(N(CC12CCC(c3ccc(C(F)(F)F)cn3)(CC1)CC2)c1cccc(Nc2ccc(C3CC3)cn2)c1)C12CC(F)(C1)C2. The van der Waals surface area contributed by atoms with Gasteiger partial charge in [0.05, 0.1) is 11.0 Å². The molecule has 7 aliphatic rings. The Morgan fingerprint density at radius 1 is 0.909 bits per heavy atom. The molecule has 0 saturated heterocycles. The predicted molar refractivity (Wildman–Crippen MR) is 159 cm³/mol. The van der Waals surface area contributed by atoms with E-state index in [0.29, 0.717) is 31.7 Å². The molecule has 9 heteroatoms. The van der Waals surface area contributed by atoms with Gasteiger partial charge in [-0.3, -0.25) is 9.78 Å². The number of benzene rings is 1. The van der Waals surface area contributed by atoms with Crippen molar-refractivity contribution < 1.29 is 22.4 Å². The van der Waals surface area contributed by atoms with Crippen LogP contribution in [0.5, 0.6) is 0 Å². The van der Waals surface area contributed by atoms with Gasteiger partial charge in [0, 0.05) is 41.4 Å². The van der Waals surface area contributed by atoms with Crippen LogP contribution in [0.3, 0.4) is 0 Å². The maximum absolute atomic E-state index is 14.6. The maximum atomic E-state index is 14.6. The van der Waals surface area contributed by atoms with Crippen molar-refractivity contribution in [2.24, 2.45) is 10.8 Å². The van der Waals surface area contributed by atoms with Crippen LogP contribution in [-0.4, -0.2) is 28.1 Å². The van der Waals surface area contributed by atoms with Crippen molar-refractivity contribution in [1.29, 1.82) is 0 Å². The van der Waals surface area contributed by atoms with Gasteiger partial charge in [0.1, 0.15) is 11.5 Å². The standard InChI is InChI=1S/C35H36F4N4O/c36-34-19-33(20-34,21-34)30(44)43(27-3-1-2-26(16-27)42-29-9-6-24(17-41-29)23-4-5-23)22-31-10-13-32(14-11-31,15-12-31)28-8-7-25(18-40-28)35(37,38)39/h1-3,6-9,16-18,23H,4-5,10-15,19-22H2,(H,41,42). The Hall–Kier alpha value is -3.49. The molecule has 0 spiro atoms. The Balaban J connectivity index is 1.02. The van der Waals surface area contributed by atoms with Crippen molar-refractivity contribution in [3.05, 3.63) is 77.7 Å². The summed E-state index contributed by atoms with van der Waals surface area (Å²) in [6.07, 6.45) is 6.95. The van der Waals surface area contributed by atoms with Crippen molar-refractivity contribution in [3.8, 4) is 0 Å². The lowest BCUT2D eigenvalue weighted by Gasteiger charge is -2.65. The fourth-order valence-corrected chi connectivity index (χ4v) is 8.59. The number of pyridine rings is 2. The van der Waals surface area contributed by atoms with Gasteiger partial charge in [-0.05, 0) is 124 Å². The summed E-state index contributed by atoms with van der Waals surface area (Å²) in [4.78, 5) is 25.0. The number of alkyl halides is 4. The van der Waals surface area contributed by atoms with E-state index >= 15 is 0 Å². The van der Waals surface area contributed by atoms with Gasteiger partial charge in [0.25, 0.3) is 0 Å². The number of hydrogen-bond donors (Lipinski definition) is 1. The zero-order valence-electron chi connectivity index (χ0n) is 24.6. The summed E-state index contributed by atoms with van der Waals surface area (Å²) in [5, 5.41) is 3.39. The normalized spacial score (nSPS) is 32.0. The molecule has 2 aromatic heterocycles. The Morgan fingerprint density at radius 2 is 1.64 bits per heavy atom. The lowest BCUT2D eigenvalue weighted by Crippen LogP contribution is -2.71. The minimum Gasteiger partial charge on any atom is -0.340 e. The smallest absolute Gasteiger partial charge is 0.340 e. The summed E-state index contributed by atoms with van der Waals surface area (Å²) in [7, 11) is 0. The van der Waals surface area contributed by atoms with E-state index in [2.05, 4.69) is 21.4 Å². The second-order valence-electron chi connectivity index (χ2n) is 14.5. The van der Waals surface area contributed by atoms with E-state index < -0.39 is 22.8 Å². The molecular formula is C35H36F4N4O. The van der Waals surface area contributed by atoms with Gasteiger partial charge in [-0.2, -0.15) is 13.2 Å². The van der Waals surface area contributed by atoms with Crippen LogP contribution in [0.4, 0.5) is 34.8 Å². The van der Waals surface area contributed by atoms with Gasteiger partial charge in [-0.1, -0.05) is 12.1 Å². The third-order valence-electron chi connectivity index (χ3n) is 11.5. The second-order valence-corrected chi connectivity index (χ2v) is 14.5. The molecule has 1 aromatic carbocycles. The van der Waals surface area contributed by atoms with Crippen molar-refractivity contribution in [2.45, 2.75) is 93.8 Å². The first-order chi connectivity index (χ1) is 21.0. The number of aromatic nitrogens is 2. The Morgan fingerprint density at radius 3 is 2.20 bits per heavy atom. The Kier molecular flexibility index (Phi) is 6.05. The van der Waals surface area contributed by atoms with Crippen molar-refractivity contribution in [2.75, 3.05) is 16.8 Å². The Bertz CT molecular complexity index is 1550. The van der Waals surface area contributed by atoms with E-state index in [0.717, 1.165) is 73.7 Å². The van der Waals surface area contributed by atoms with Crippen LogP contribution in [-0.2, 0) is 16.4 Å². The molecule has 7 saturated carbocycles. The number of anilines is 3. The summed E-state index contributed by atoms with van der Waals surface area (Å²) in [6, 6.07) is 14.7. The molecule has 230 valence electrons. The van der Waals surface area contributed by atoms with Gasteiger partial charge >= 0.3 is 6.18 Å². The van der Waals surface area contributed by atoms with Crippen LogP contribution in [0.1, 0.15) is 93.4 Å². The molecule has 4 bridgehead atoms. The summed E-state index contributed by atoms with van der Waals surface area (Å²) in [6.45, 7) is 0.557. The highest BCUT2D eigenvalue weighted by Gasteiger charge is 2.73. The maximum Gasteiger partial charge on any atom is 0.417 e. The van der Waals surface area contributed by atoms with Crippen molar-refractivity contribution in [3.63, 3.8) is 0 Å². The Labute approximate surface area is 254 Å². The molecular weight excluding hydrogens is 568 g/mol. The molecule has 0 unspecified atom stereocenters. The van der Waals surface area contributed by atoms with Crippen molar-refractivity contribution in [1.82, 2.24) is 9.97 Å². The van der Waals surface area contributed by atoms with Gasteiger partial charge in [0.15, 0.2) is 0 Å². The van der Waals surface area contributed by atoms with Crippen LogP contribution in [0.2, 0.25) is 0 Å². The van der Waals surface area contributed by atoms with E-state index in [1.54, 1.807) is 6.07 Å². The highest BCUT2D eigenvalue weighted by Crippen LogP contribution is 2.70. The molecule has 0 radical (unpaired) electrons. The number of nitrogens with one attached hydrogen (secondary N) is 1. The molecule has 3 aromatic rings. The molecule has 0 aliphatic heterocycles. The lowest BCUT2D eigenvalue weighted by atomic mass is 9.41. The predicted octanol–water partition coefficient (Wildman–Crippen LogP) is 8.63. The number of amides is 1. The third-order valence-corrected chi connectivity index (χ3v) is 11.5. The first kappa shape index (κ1) is 28.0. The molecule has 10 rings (SSSR count). The van der Waals surface area contributed by atoms with Gasteiger partial charge < -0.3 is 10.2 Å². The van der Waals surface area contributed by atoms with Gasteiger partial charge in [-0.15, -0.1) is 0 Å². The number of nitrogens with zero attached hydrogens (tertiary/aromatic N) is 3. The number of carbonyl (C=O) groups excluding carboxylic acids is 1. The van der Waals surface area contributed by atoms with Crippen molar-refractivity contribution >= 4 is 23.1 Å². The van der Waals surface area contributed by atoms with Crippen LogP contribution < -0.4 is 10.2 Å². The fraction of sp³-hybridized carbons (Fsp3) is 0.514. The molecule has 5 nitrogen and oxygen atoms in total. The summed E-state index contributed by atoms with van der Waals surface area (Å²) < 4.78 is 54.0. The topological polar surface area (TPSA) is 58.1 Å². The molecule has 0 atom stereocenters. The number of hydrogen-bond acceptors (Lipinski definition) is 4. The average Bonchev–Trinajstić information content (AvgIpc) is 3.85. The van der Waals surface area contributed by atoms with Crippen LogP contribution in [0.25, 0.3) is 0 Å². The van der Waals surface area contributed by atoms with E-state index in [-0.39, 0.29) is 16.7 Å². The highest BCUT2D eigenvalue weighted by atomic mass is 19.4. The molecule has 7 fully saturated rings. The zero-order valence-corrected chi connectivity index (χ0v) is 24.6. The third kappa shape index (κ3) is 4.69. The first-order valence-corrected chi connectivity index (χ1v) is 15.9. The zero-order chi connectivity index (χ0) is 30.4. The second kappa shape index (κ2) is 9.51. The monoisotopic (exact) mass is 604 g/mol. The van der Waals surface area contributed by atoms with E-state index in [4.69, 9.17) is 0 Å². The van der Waals surface area contributed by atoms with E-state index in [9.17, 15) is 22.4 Å². The molecule has 1 N–H and O–H groups in total. The summed E-state index contributed by atoms with van der Waals surface area (Å²) in [5.41, 5.74) is 0.827. The lowest BCUT2D eigenvalue weighted by molar-refractivity contribution is -0.211. The van der Waals surface area contributed by atoms with Crippen LogP contribution in [0, 0.1) is 10.8 Å². The quantitative estimate of drug-likeness (QED) is 0.262. The number of fused-ring (bicyclic) bond motifs is 3. The highest BCUT2D eigenvalue weighted by molar-refractivity contribution is 6.00.